The van der Waals surface area contributed by atoms with Gasteiger partial charge in [-0.05, 0) is 24.6 Å². The summed E-state index contributed by atoms with van der Waals surface area (Å²) in [5.74, 6) is 0. The van der Waals surface area contributed by atoms with Crippen molar-refractivity contribution in [3.63, 3.8) is 0 Å². The lowest BCUT2D eigenvalue weighted by Gasteiger charge is -2.09. The molecule has 8 nitrogen and oxygen atoms in total. The van der Waals surface area contributed by atoms with Crippen molar-refractivity contribution in [2.75, 3.05) is 18.5 Å². The number of fused-ring (bicyclic) bond motifs is 2. The van der Waals surface area contributed by atoms with Crippen molar-refractivity contribution in [2.45, 2.75) is 6.92 Å². The van der Waals surface area contributed by atoms with E-state index in [0.29, 0.717) is 17.6 Å². The van der Waals surface area contributed by atoms with E-state index in [2.05, 4.69) is 25.3 Å². The molecule has 2 heterocycles. The fraction of sp³-hybridized carbons (Fsp3) is 0.231. The second-order valence-electron chi connectivity index (χ2n) is 4.64. The quantitative estimate of drug-likeness (QED) is 0.498. The Balaban J connectivity index is 2.28. The first-order valence-corrected chi connectivity index (χ1v) is 6.38. The van der Waals surface area contributed by atoms with Gasteiger partial charge in [0.2, 0.25) is 0 Å². The highest BCUT2D eigenvalue weighted by atomic mass is 16.3. The SMILES string of the molecule is Cc1cc2nc3c(=O)[nH]c(=O)[nH]c3nc2cc1NCCO. The Hall–Kier alpha value is -2.74. The third-order valence-electron chi connectivity index (χ3n) is 3.11. The van der Waals surface area contributed by atoms with Gasteiger partial charge in [0.05, 0.1) is 17.6 Å². The summed E-state index contributed by atoms with van der Waals surface area (Å²) >= 11 is 0. The number of aliphatic hydroxyl groups excluding tert-OH is 1. The Morgan fingerprint density at radius 2 is 1.95 bits per heavy atom. The smallest absolute Gasteiger partial charge is 0.327 e. The molecule has 0 saturated heterocycles. The van der Waals surface area contributed by atoms with Crippen LogP contribution in [0.3, 0.4) is 0 Å². The number of nitrogens with one attached hydrogen (secondary N) is 3. The van der Waals surface area contributed by atoms with E-state index in [4.69, 9.17) is 5.11 Å². The molecule has 1 aromatic carbocycles. The van der Waals surface area contributed by atoms with Crippen LogP contribution in [0.1, 0.15) is 5.56 Å². The van der Waals surface area contributed by atoms with Crippen LogP contribution in [0.25, 0.3) is 22.2 Å². The van der Waals surface area contributed by atoms with E-state index < -0.39 is 11.2 Å². The summed E-state index contributed by atoms with van der Waals surface area (Å²) in [4.78, 5) is 36.1. The van der Waals surface area contributed by atoms with Crippen LogP contribution in [-0.4, -0.2) is 38.2 Å². The largest absolute Gasteiger partial charge is 0.395 e. The number of H-pyrrole nitrogens is 2. The molecule has 3 rings (SSSR count). The summed E-state index contributed by atoms with van der Waals surface area (Å²) in [5, 5.41) is 11.9. The highest BCUT2D eigenvalue weighted by Crippen LogP contribution is 2.21. The van der Waals surface area contributed by atoms with Crippen molar-refractivity contribution in [2.24, 2.45) is 0 Å². The van der Waals surface area contributed by atoms with E-state index >= 15 is 0 Å². The van der Waals surface area contributed by atoms with Crippen molar-refractivity contribution >= 4 is 27.9 Å². The molecule has 0 bridgehead atoms. The third kappa shape index (κ3) is 2.36. The molecule has 8 heteroatoms. The minimum atomic E-state index is -0.619. The summed E-state index contributed by atoms with van der Waals surface area (Å²) in [7, 11) is 0. The fourth-order valence-corrected chi connectivity index (χ4v) is 2.13. The minimum absolute atomic E-state index is 0.0174. The van der Waals surface area contributed by atoms with Gasteiger partial charge in [0.15, 0.2) is 11.2 Å². The van der Waals surface area contributed by atoms with Gasteiger partial charge < -0.3 is 10.4 Å². The molecular formula is C13H13N5O3. The molecule has 0 unspecified atom stereocenters. The number of aromatic amines is 2. The summed E-state index contributed by atoms with van der Waals surface area (Å²) < 4.78 is 0. The summed E-state index contributed by atoms with van der Waals surface area (Å²) in [6.45, 7) is 2.33. The van der Waals surface area contributed by atoms with Crippen LogP contribution in [0.2, 0.25) is 0 Å². The number of benzene rings is 1. The zero-order valence-electron chi connectivity index (χ0n) is 11.2. The Kier molecular flexibility index (Phi) is 3.15. The third-order valence-corrected chi connectivity index (χ3v) is 3.11. The first-order chi connectivity index (χ1) is 10.1. The van der Waals surface area contributed by atoms with E-state index in [0.717, 1.165) is 11.3 Å². The van der Waals surface area contributed by atoms with Gasteiger partial charge in [-0.15, -0.1) is 0 Å². The van der Waals surface area contributed by atoms with E-state index in [1.54, 1.807) is 12.1 Å². The van der Waals surface area contributed by atoms with E-state index in [-0.39, 0.29) is 17.8 Å². The molecule has 0 saturated carbocycles. The predicted molar refractivity (Wildman–Crippen MR) is 78.6 cm³/mol. The maximum absolute atomic E-state index is 11.7. The molecule has 0 spiro atoms. The summed E-state index contributed by atoms with van der Waals surface area (Å²) in [5.41, 5.74) is 1.91. The van der Waals surface area contributed by atoms with Gasteiger partial charge in [0.25, 0.3) is 5.56 Å². The summed E-state index contributed by atoms with van der Waals surface area (Å²) in [6, 6.07) is 3.57. The molecule has 4 N–H and O–H groups in total. The maximum atomic E-state index is 11.7. The molecule has 0 aliphatic carbocycles. The van der Waals surface area contributed by atoms with Gasteiger partial charge >= 0.3 is 5.69 Å². The van der Waals surface area contributed by atoms with Gasteiger partial charge in [-0.3, -0.25) is 14.8 Å². The monoisotopic (exact) mass is 287 g/mol. The lowest BCUT2D eigenvalue weighted by molar-refractivity contribution is 0.311. The molecule has 21 heavy (non-hydrogen) atoms. The maximum Gasteiger partial charge on any atom is 0.327 e. The first kappa shape index (κ1) is 13.3. The van der Waals surface area contributed by atoms with Crippen LogP contribution in [0, 0.1) is 6.92 Å². The Morgan fingerprint density at radius 1 is 1.19 bits per heavy atom. The second-order valence-corrected chi connectivity index (χ2v) is 4.64. The van der Waals surface area contributed by atoms with Crippen LogP contribution >= 0.6 is 0 Å². The van der Waals surface area contributed by atoms with E-state index in [9.17, 15) is 9.59 Å². The highest BCUT2D eigenvalue weighted by Gasteiger charge is 2.09. The van der Waals surface area contributed by atoms with Crippen molar-refractivity contribution in [3.05, 3.63) is 38.5 Å². The average Bonchev–Trinajstić information content (AvgIpc) is 2.43. The van der Waals surface area contributed by atoms with Gasteiger partial charge in [-0.1, -0.05) is 0 Å². The van der Waals surface area contributed by atoms with Crippen molar-refractivity contribution in [3.8, 4) is 0 Å². The van der Waals surface area contributed by atoms with E-state index in [1.807, 2.05) is 6.92 Å². The van der Waals surface area contributed by atoms with Crippen LogP contribution in [0.4, 0.5) is 5.69 Å². The van der Waals surface area contributed by atoms with Crippen LogP contribution in [0.5, 0.6) is 0 Å². The molecule has 0 atom stereocenters. The first-order valence-electron chi connectivity index (χ1n) is 6.38. The van der Waals surface area contributed by atoms with Gasteiger partial charge in [0.1, 0.15) is 0 Å². The highest BCUT2D eigenvalue weighted by molar-refractivity contribution is 5.87. The number of aryl methyl sites for hydroxylation is 1. The molecule has 0 aliphatic heterocycles. The number of rotatable bonds is 3. The number of nitrogens with zero attached hydrogens (tertiary/aromatic N) is 2. The van der Waals surface area contributed by atoms with Crippen molar-refractivity contribution < 1.29 is 5.11 Å². The minimum Gasteiger partial charge on any atom is -0.395 e. The fourth-order valence-electron chi connectivity index (χ4n) is 2.13. The number of anilines is 1. The number of aliphatic hydroxyl groups is 1. The molecule has 3 aromatic rings. The zero-order chi connectivity index (χ0) is 15.0. The van der Waals surface area contributed by atoms with Crippen molar-refractivity contribution in [1.82, 2.24) is 19.9 Å². The predicted octanol–water partition coefficient (Wildman–Crippen LogP) is -0.128. The lowest BCUT2D eigenvalue weighted by Crippen LogP contribution is -2.23. The Labute approximate surface area is 117 Å². The molecule has 108 valence electrons. The number of aromatic nitrogens is 4. The van der Waals surface area contributed by atoms with Crippen molar-refractivity contribution in [1.29, 1.82) is 0 Å². The Bertz CT molecular complexity index is 944. The van der Waals surface area contributed by atoms with Gasteiger partial charge in [0, 0.05) is 12.2 Å². The topological polar surface area (TPSA) is 124 Å². The second kappa shape index (κ2) is 4.98. The molecular weight excluding hydrogens is 274 g/mol. The van der Waals surface area contributed by atoms with E-state index in [1.165, 1.54) is 0 Å². The molecule has 0 radical (unpaired) electrons. The molecule has 0 amide bonds. The van der Waals surface area contributed by atoms with Crippen LogP contribution in [0.15, 0.2) is 21.7 Å². The Morgan fingerprint density at radius 3 is 2.71 bits per heavy atom. The molecule has 0 aliphatic rings. The van der Waals surface area contributed by atoms with Gasteiger partial charge in [-0.2, -0.15) is 0 Å². The zero-order valence-corrected chi connectivity index (χ0v) is 11.2. The van der Waals surface area contributed by atoms with Crippen LogP contribution in [-0.2, 0) is 0 Å². The lowest BCUT2D eigenvalue weighted by atomic mass is 10.1. The standard InChI is InChI=1S/C13H13N5O3/c1-6-4-8-9(5-7(6)14-2-3-19)16-11-10(15-8)12(20)18-13(21)17-11/h4-5,14,19H,2-3H2,1H3,(H2,16,17,18,20,21). The molecule has 0 fully saturated rings. The molecule has 2 aromatic heterocycles. The number of hydrogen-bond donors (Lipinski definition) is 4. The van der Waals surface area contributed by atoms with Crippen LogP contribution < -0.4 is 16.6 Å². The number of hydrogen-bond acceptors (Lipinski definition) is 6. The van der Waals surface area contributed by atoms with Gasteiger partial charge in [-0.25, -0.2) is 14.8 Å². The summed E-state index contributed by atoms with van der Waals surface area (Å²) in [6.07, 6.45) is 0. The average molecular weight is 287 g/mol. The normalized spacial score (nSPS) is 11.1.